The molecule has 3 rings (SSSR count). The molecule has 31 heavy (non-hydrogen) atoms. The molecule has 0 aliphatic rings. The number of nitrogens with zero attached hydrogens (tertiary/aromatic N) is 4. The summed E-state index contributed by atoms with van der Waals surface area (Å²) in [7, 11) is 0. The number of aromatic nitrogens is 2. The minimum Gasteiger partial charge on any atom is -0.494 e. The fourth-order valence-electron chi connectivity index (χ4n) is 2.74. The third-order valence-electron chi connectivity index (χ3n) is 4.31. The van der Waals surface area contributed by atoms with Crippen LogP contribution in [0.2, 0.25) is 0 Å². The van der Waals surface area contributed by atoms with E-state index in [9.17, 15) is 19.2 Å². The van der Waals surface area contributed by atoms with Crippen LogP contribution in [0.1, 0.15) is 34.1 Å². The van der Waals surface area contributed by atoms with Crippen molar-refractivity contribution in [2.75, 3.05) is 6.61 Å². The number of hydrogen-bond acceptors (Lipinski definition) is 6. The maximum absolute atomic E-state index is 13.0. The van der Waals surface area contributed by atoms with Crippen LogP contribution >= 0.6 is 0 Å². The molecular weight excluding hydrogens is 401 g/mol. The van der Waals surface area contributed by atoms with Gasteiger partial charge in [0.15, 0.2) is 5.69 Å². The Morgan fingerprint density at radius 2 is 1.94 bits per heavy atom. The molecule has 0 spiro atoms. The average Bonchev–Trinajstić information content (AvgIpc) is 2.76. The number of carbonyl (C=O) groups excluding carboxylic acids is 1. The first kappa shape index (κ1) is 21.4. The second-order valence-corrected chi connectivity index (χ2v) is 6.35. The molecule has 156 valence electrons. The third kappa shape index (κ3) is 4.82. The van der Waals surface area contributed by atoms with Crippen LogP contribution < -0.4 is 15.7 Å². The van der Waals surface area contributed by atoms with E-state index in [4.69, 9.17) is 4.74 Å². The lowest BCUT2D eigenvalue weighted by atomic mass is 10.1. The van der Waals surface area contributed by atoms with Crippen molar-refractivity contribution in [3.63, 3.8) is 0 Å². The highest BCUT2D eigenvalue weighted by Crippen LogP contribution is 2.15. The lowest BCUT2D eigenvalue weighted by molar-refractivity contribution is 0.0947. The summed E-state index contributed by atoms with van der Waals surface area (Å²) in [6.45, 7) is 3.81. The molecule has 0 bridgehead atoms. The molecule has 1 heterocycles. The smallest absolute Gasteiger partial charge is 0.292 e. The highest BCUT2D eigenvalue weighted by Gasteiger charge is 2.20. The van der Waals surface area contributed by atoms with Crippen molar-refractivity contribution >= 4 is 12.1 Å². The molecular formula is C22H18FN5O3. The van der Waals surface area contributed by atoms with Crippen LogP contribution in [0.5, 0.6) is 5.75 Å². The van der Waals surface area contributed by atoms with Gasteiger partial charge in [0.2, 0.25) is 0 Å². The SMILES string of the molecule is CCOc1ccc(-n2nc(C(=O)N/N=C/c3ccc(F)cc3)c(C)c(C#N)c2=O)cc1. The second kappa shape index (κ2) is 9.45. The Balaban J connectivity index is 1.93. The molecule has 0 aliphatic carbocycles. The molecule has 1 aromatic heterocycles. The summed E-state index contributed by atoms with van der Waals surface area (Å²) in [5.74, 6) is -0.478. The molecule has 0 radical (unpaired) electrons. The van der Waals surface area contributed by atoms with Crippen molar-refractivity contribution in [1.82, 2.24) is 15.2 Å². The standard InChI is InChI=1S/C22H18FN5O3/c1-3-31-18-10-8-17(9-11-18)28-22(30)19(12-24)14(2)20(27-28)21(29)26-25-13-15-4-6-16(23)7-5-15/h4-11,13H,3H2,1-2H3,(H,26,29)/b25-13+. The normalized spacial score (nSPS) is 10.6. The summed E-state index contributed by atoms with van der Waals surface area (Å²) in [4.78, 5) is 25.3. The van der Waals surface area contributed by atoms with Gasteiger partial charge < -0.3 is 4.74 Å². The van der Waals surface area contributed by atoms with Gasteiger partial charge in [0.05, 0.1) is 18.5 Å². The maximum atomic E-state index is 13.0. The Morgan fingerprint density at radius 3 is 2.55 bits per heavy atom. The van der Waals surface area contributed by atoms with E-state index in [0.29, 0.717) is 23.6 Å². The molecule has 9 heteroatoms. The summed E-state index contributed by atoms with van der Waals surface area (Å²) in [6.07, 6.45) is 1.33. The predicted octanol–water partition coefficient (Wildman–Crippen LogP) is 2.71. The first-order valence-corrected chi connectivity index (χ1v) is 9.30. The van der Waals surface area contributed by atoms with Gasteiger partial charge in [-0.1, -0.05) is 12.1 Å². The summed E-state index contributed by atoms with van der Waals surface area (Å²) >= 11 is 0. The Kier molecular flexibility index (Phi) is 6.52. The lowest BCUT2D eigenvalue weighted by Crippen LogP contribution is -2.31. The van der Waals surface area contributed by atoms with Crippen molar-refractivity contribution in [2.24, 2.45) is 5.10 Å². The first-order valence-electron chi connectivity index (χ1n) is 9.30. The molecule has 3 aromatic rings. The molecule has 1 amide bonds. The quantitative estimate of drug-likeness (QED) is 0.488. The predicted molar refractivity (Wildman–Crippen MR) is 112 cm³/mol. The molecule has 8 nitrogen and oxygen atoms in total. The van der Waals surface area contributed by atoms with Gasteiger partial charge in [-0.3, -0.25) is 9.59 Å². The Bertz CT molecular complexity index is 1230. The van der Waals surface area contributed by atoms with E-state index in [1.807, 2.05) is 13.0 Å². The van der Waals surface area contributed by atoms with E-state index in [-0.39, 0.29) is 22.6 Å². The van der Waals surface area contributed by atoms with Gasteiger partial charge in [0.1, 0.15) is 23.2 Å². The van der Waals surface area contributed by atoms with Crippen molar-refractivity contribution in [2.45, 2.75) is 13.8 Å². The van der Waals surface area contributed by atoms with Crippen molar-refractivity contribution in [3.8, 4) is 17.5 Å². The lowest BCUT2D eigenvalue weighted by Gasteiger charge is -2.11. The fraction of sp³-hybridized carbons (Fsp3) is 0.136. The molecule has 0 saturated heterocycles. The molecule has 2 aromatic carbocycles. The summed E-state index contributed by atoms with van der Waals surface area (Å²) in [5, 5.41) is 17.4. The van der Waals surface area contributed by atoms with Crippen LogP contribution in [0, 0.1) is 24.1 Å². The van der Waals surface area contributed by atoms with Crippen LogP contribution in [-0.4, -0.2) is 28.5 Å². The van der Waals surface area contributed by atoms with Crippen molar-refractivity contribution < 1.29 is 13.9 Å². The number of nitrogens with one attached hydrogen (secondary N) is 1. The van der Waals surface area contributed by atoms with E-state index in [0.717, 1.165) is 4.68 Å². The van der Waals surface area contributed by atoms with Crippen LogP contribution in [0.3, 0.4) is 0 Å². The highest BCUT2D eigenvalue weighted by molar-refractivity contribution is 5.94. The van der Waals surface area contributed by atoms with Gasteiger partial charge in [-0.05, 0) is 55.8 Å². The zero-order valence-corrected chi connectivity index (χ0v) is 16.8. The minimum atomic E-state index is -0.702. The Labute approximate surface area is 177 Å². The van der Waals surface area contributed by atoms with Gasteiger partial charge in [0.25, 0.3) is 11.5 Å². The first-order chi connectivity index (χ1) is 14.9. The highest BCUT2D eigenvalue weighted by atomic mass is 19.1. The summed E-state index contributed by atoms with van der Waals surface area (Å²) in [6, 6.07) is 13.9. The summed E-state index contributed by atoms with van der Waals surface area (Å²) in [5.41, 5.74) is 2.43. The van der Waals surface area contributed by atoms with E-state index < -0.39 is 11.5 Å². The zero-order valence-electron chi connectivity index (χ0n) is 16.8. The number of benzene rings is 2. The number of hydrazone groups is 1. The second-order valence-electron chi connectivity index (χ2n) is 6.35. The Morgan fingerprint density at radius 1 is 1.26 bits per heavy atom. The van der Waals surface area contributed by atoms with E-state index in [1.54, 1.807) is 24.3 Å². The third-order valence-corrected chi connectivity index (χ3v) is 4.31. The minimum absolute atomic E-state index is 0.124. The zero-order chi connectivity index (χ0) is 22.4. The van der Waals surface area contributed by atoms with Gasteiger partial charge in [-0.2, -0.15) is 20.1 Å². The number of rotatable bonds is 6. The van der Waals surface area contributed by atoms with Gasteiger partial charge in [0, 0.05) is 5.56 Å². The van der Waals surface area contributed by atoms with Gasteiger partial charge in [-0.15, -0.1) is 0 Å². The number of halogens is 1. The van der Waals surface area contributed by atoms with Crippen molar-refractivity contribution in [1.29, 1.82) is 5.26 Å². The molecule has 0 atom stereocenters. The number of amides is 1. The number of nitriles is 1. The molecule has 0 aliphatic heterocycles. The number of ether oxygens (including phenoxy) is 1. The topological polar surface area (TPSA) is 109 Å². The van der Waals surface area contributed by atoms with Crippen LogP contribution in [0.25, 0.3) is 5.69 Å². The molecule has 0 fully saturated rings. The van der Waals surface area contributed by atoms with Gasteiger partial charge >= 0.3 is 0 Å². The average molecular weight is 419 g/mol. The van der Waals surface area contributed by atoms with Crippen LogP contribution in [0.15, 0.2) is 58.4 Å². The van der Waals surface area contributed by atoms with Gasteiger partial charge in [-0.25, -0.2) is 9.82 Å². The largest absolute Gasteiger partial charge is 0.494 e. The van der Waals surface area contributed by atoms with Crippen molar-refractivity contribution in [3.05, 3.63) is 87.1 Å². The van der Waals surface area contributed by atoms with Crippen LogP contribution in [0.4, 0.5) is 4.39 Å². The Hall–Kier alpha value is -4.32. The van der Waals surface area contributed by atoms with E-state index >= 15 is 0 Å². The van der Waals surface area contributed by atoms with E-state index in [1.165, 1.54) is 37.4 Å². The van der Waals surface area contributed by atoms with E-state index in [2.05, 4.69) is 15.6 Å². The van der Waals surface area contributed by atoms with Crippen LogP contribution in [-0.2, 0) is 0 Å². The fourth-order valence-corrected chi connectivity index (χ4v) is 2.74. The molecule has 1 N–H and O–H groups in total. The summed E-state index contributed by atoms with van der Waals surface area (Å²) < 4.78 is 19.3. The molecule has 0 unspecified atom stereocenters. The molecule has 0 saturated carbocycles. The number of carbonyl (C=O) groups is 1. The maximum Gasteiger partial charge on any atom is 0.292 e. The number of hydrogen-bond donors (Lipinski definition) is 1. The monoisotopic (exact) mass is 419 g/mol.